The summed E-state index contributed by atoms with van der Waals surface area (Å²) in [5.41, 5.74) is 1.16. The molecule has 1 aromatic heterocycles. The Kier molecular flexibility index (Phi) is 5.14. The van der Waals surface area contributed by atoms with Crippen LogP contribution < -0.4 is 0 Å². The highest BCUT2D eigenvalue weighted by Gasteiger charge is 2.28. The molecule has 0 spiro atoms. The Morgan fingerprint density at radius 2 is 2.19 bits per heavy atom. The number of cyclic esters (lactones) is 1. The Hall–Kier alpha value is -2.11. The van der Waals surface area contributed by atoms with E-state index in [0.717, 1.165) is 12.0 Å². The van der Waals surface area contributed by atoms with Crippen LogP contribution in [-0.2, 0) is 16.0 Å². The van der Waals surface area contributed by atoms with Gasteiger partial charge in [0.1, 0.15) is 6.10 Å². The van der Waals surface area contributed by atoms with E-state index in [1.807, 2.05) is 12.1 Å². The molecule has 0 N–H and O–H groups in total. The summed E-state index contributed by atoms with van der Waals surface area (Å²) in [7, 11) is 3.50. The van der Waals surface area contributed by atoms with Gasteiger partial charge in [-0.15, -0.1) is 0 Å². The van der Waals surface area contributed by atoms with Crippen molar-refractivity contribution in [2.24, 2.45) is 0 Å². The van der Waals surface area contributed by atoms with Crippen LogP contribution >= 0.6 is 0 Å². The molecule has 1 saturated heterocycles. The average Bonchev–Trinajstić information content (AvgIpc) is 2.82. The van der Waals surface area contributed by atoms with Gasteiger partial charge in [-0.25, -0.2) is 4.79 Å². The number of pyridine rings is 1. The Morgan fingerprint density at radius 1 is 1.48 bits per heavy atom. The van der Waals surface area contributed by atoms with Gasteiger partial charge in [-0.05, 0) is 30.5 Å². The van der Waals surface area contributed by atoms with Crippen LogP contribution in [0.25, 0.3) is 0 Å². The molecule has 0 bridgehead atoms. The van der Waals surface area contributed by atoms with E-state index in [9.17, 15) is 9.59 Å². The van der Waals surface area contributed by atoms with Crippen LogP contribution in [0.5, 0.6) is 0 Å². The summed E-state index contributed by atoms with van der Waals surface area (Å²) in [5, 5.41) is 0. The first-order chi connectivity index (χ1) is 10.1. The fourth-order valence-corrected chi connectivity index (χ4v) is 2.25. The van der Waals surface area contributed by atoms with Gasteiger partial charge < -0.3 is 14.5 Å². The monoisotopic (exact) mass is 291 g/mol. The molecule has 0 aromatic carbocycles. The maximum atomic E-state index is 12.0. The van der Waals surface area contributed by atoms with Gasteiger partial charge in [0.15, 0.2) is 0 Å². The van der Waals surface area contributed by atoms with Gasteiger partial charge in [0, 0.05) is 39.5 Å². The highest BCUT2D eigenvalue weighted by atomic mass is 16.6. The van der Waals surface area contributed by atoms with Crippen LogP contribution in [-0.4, -0.2) is 60.1 Å². The van der Waals surface area contributed by atoms with Crippen molar-refractivity contribution in [1.29, 1.82) is 0 Å². The zero-order chi connectivity index (χ0) is 15.2. The maximum Gasteiger partial charge on any atom is 0.409 e. The predicted octanol–water partition coefficient (Wildman–Crippen LogP) is 1.31. The first-order valence-electron chi connectivity index (χ1n) is 7.11. The summed E-state index contributed by atoms with van der Waals surface area (Å²) in [4.78, 5) is 30.5. The molecule has 0 radical (unpaired) electrons. The number of carbonyl (C=O) groups excluding carboxylic acids is 2. The summed E-state index contributed by atoms with van der Waals surface area (Å²) in [6, 6.07) is 3.90. The molecule has 2 amide bonds. The summed E-state index contributed by atoms with van der Waals surface area (Å²) < 4.78 is 5.14. The number of amides is 2. The number of hydrogen-bond acceptors (Lipinski definition) is 4. The van der Waals surface area contributed by atoms with Crippen LogP contribution in [0.1, 0.15) is 18.4 Å². The minimum Gasteiger partial charge on any atom is -0.444 e. The fourth-order valence-electron chi connectivity index (χ4n) is 2.25. The van der Waals surface area contributed by atoms with Gasteiger partial charge in [0.25, 0.3) is 0 Å². The van der Waals surface area contributed by atoms with Gasteiger partial charge in [0.2, 0.25) is 5.91 Å². The van der Waals surface area contributed by atoms with Crippen molar-refractivity contribution in [1.82, 2.24) is 14.8 Å². The first kappa shape index (κ1) is 15.3. The van der Waals surface area contributed by atoms with E-state index in [4.69, 9.17) is 4.74 Å². The largest absolute Gasteiger partial charge is 0.444 e. The third kappa shape index (κ3) is 4.44. The molecule has 2 rings (SSSR count). The number of rotatable bonds is 6. The lowest BCUT2D eigenvalue weighted by molar-refractivity contribution is -0.130. The molecule has 1 unspecified atom stereocenters. The molecule has 0 saturated carbocycles. The van der Waals surface area contributed by atoms with E-state index in [1.54, 1.807) is 31.4 Å². The van der Waals surface area contributed by atoms with Crippen molar-refractivity contribution in [3.63, 3.8) is 0 Å². The zero-order valence-electron chi connectivity index (χ0n) is 12.5. The van der Waals surface area contributed by atoms with Gasteiger partial charge in [0.05, 0.1) is 6.54 Å². The molecule has 6 heteroatoms. The second-order valence-electron chi connectivity index (χ2n) is 5.35. The molecule has 114 valence electrons. The number of aromatic nitrogens is 1. The molecule has 2 heterocycles. The quantitative estimate of drug-likeness (QED) is 0.793. The number of ether oxygens (including phenoxy) is 1. The number of likely N-dealkylation sites (N-methyl/N-ethyl adjacent to an activating group) is 2. The standard InChI is InChI=1S/C15H21N3O3/c1-17(10-7-12-5-8-16-9-6-12)14(19)4-3-13-11-18(2)15(20)21-13/h5-6,8-9,13H,3-4,7,10-11H2,1-2H3. The van der Waals surface area contributed by atoms with E-state index >= 15 is 0 Å². The Balaban J connectivity index is 1.69. The van der Waals surface area contributed by atoms with Crippen LogP contribution in [0.3, 0.4) is 0 Å². The summed E-state index contributed by atoms with van der Waals surface area (Å²) in [6.45, 7) is 1.24. The van der Waals surface area contributed by atoms with Gasteiger partial charge in [-0.1, -0.05) is 0 Å². The maximum absolute atomic E-state index is 12.0. The second kappa shape index (κ2) is 7.06. The van der Waals surface area contributed by atoms with E-state index in [0.29, 0.717) is 25.9 Å². The number of carbonyl (C=O) groups is 2. The second-order valence-corrected chi connectivity index (χ2v) is 5.35. The van der Waals surface area contributed by atoms with Crippen molar-refractivity contribution < 1.29 is 14.3 Å². The first-order valence-corrected chi connectivity index (χ1v) is 7.11. The topological polar surface area (TPSA) is 62.7 Å². The third-order valence-corrected chi connectivity index (χ3v) is 3.65. The molecule has 6 nitrogen and oxygen atoms in total. The predicted molar refractivity (Wildman–Crippen MR) is 77.7 cm³/mol. The highest BCUT2D eigenvalue weighted by Crippen LogP contribution is 2.14. The third-order valence-electron chi connectivity index (χ3n) is 3.65. The molecule has 1 aliphatic rings. The van der Waals surface area contributed by atoms with Crippen molar-refractivity contribution in [3.8, 4) is 0 Å². The molecule has 1 aromatic rings. The molecular formula is C15H21N3O3. The van der Waals surface area contributed by atoms with E-state index in [1.165, 1.54) is 4.90 Å². The number of nitrogens with zero attached hydrogens (tertiary/aromatic N) is 3. The van der Waals surface area contributed by atoms with Gasteiger partial charge in [-0.2, -0.15) is 0 Å². The minimum absolute atomic E-state index is 0.0784. The van der Waals surface area contributed by atoms with E-state index in [2.05, 4.69) is 4.98 Å². The zero-order valence-corrected chi connectivity index (χ0v) is 12.5. The Morgan fingerprint density at radius 3 is 2.81 bits per heavy atom. The van der Waals surface area contributed by atoms with Gasteiger partial charge >= 0.3 is 6.09 Å². The molecule has 21 heavy (non-hydrogen) atoms. The van der Waals surface area contributed by atoms with Crippen molar-refractivity contribution >= 4 is 12.0 Å². The van der Waals surface area contributed by atoms with Crippen LogP contribution in [0.15, 0.2) is 24.5 Å². The van der Waals surface area contributed by atoms with Crippen LogP contribution in [0, 0.1) is 0 Å². The lowest BCUT2D eigenvalue weighted by Crippen LogP contribution is -2.29. The highest BCUT2D eigenvalue weighted by molar-refractivity contribution is 5.76. The molecular weight excluding hydrogens is 270 g/mol. The number of hydrogen-bond donors (Lipinski definition) is 0. The summed E-state index contributed by atoms with van der Waals surface area (Å²) >= 11 is 0. The lowest BCUT2D eigenvalue weighted by atomic mass is 10.1. The van der Waals surface area contributed by atoms with Crippen molar-refractivity contribution in [2.45, 2.75) is 25.4 Å². The van der Waals surface area contributed by atoms with E-state index < -0.39 is 0 Å². The average molecular weight is 291 g/mol. The normalized spacial score (nSPS) is 17.7. The molecule has 1 aliphatic heterocycles. The van der Waals surface area contributed by atoms with Crippen molar-refractivity contribution in [2.75, 3.05) is 27.2 Å². The van der Waals surface area contributed by atoms with E-state index in [-0.39, 0.29) is 18.1 Å². The minimum atomic E-state index is -0.307. The van der Waals surface area contributed by atoms with Crippen LogP contribution in [0.4, 0.5) is 4.79 Å². The Labute approximate surface area is 124 Å². The molecule has 1 fully saturated rings. The smallest absolute Gasteiger partial charge is 0.409 e. The van der Waals surface area contributed by atoms with Gasteiger partial charge in [-0.3, -0.25) is 9.78 Å². The fraction of sp³-hybridized carbons (Fsp3) is 0.533. The van der Waals surface area contributed by atoms with Crippen molar-refractivity contribution in [3.05, 3.63) is 30.1 Å². The molecule has 0 aliphatic carbocycles. The Bertz CT molecular complexity index is 492. The summed E-state index contributed by atoms with van der Waals surface area (Å²) in [5.74, 6) is 0.0784. The summed E-state index contributed by atoms with van der Waals surface area (Å²) in [6.07, 6.45) is 4.82. The lowest BCUT2D eigenvalue weighted by Gasteiger charge is -2.18. The van der Waals surface area contributed by atoms with Crippen LogP contribution in [0.2, 0.25) is 0 Å². The SMILES string of the molecule is CN(CCc1ccncc1)C(=O)CCC1CN(C)C(=O)O1. The molecule has 1 atom stereocenters.